The second-order valence-corrected chi connectivity index (χ2v) is 6.19. The molecule has 0 aliphatic carbocycles. The minimum atomic E-state index is 0.0111. The molecule has 4 rings (SSSR count). The molecular weight excluding hydrogens is 302 g/mol. The third-order valence-electron chi connectivity index (χ3n) is 4.55. The Morgan fingerprint density at radius 2 is 2.12 bits per heavy atom. The van der Waals surface area contributed by atoms with E-state index >= 15 is 0 Å². The molecule has 1 amide bonds. The number of carbonyl (C=O) groups excluding carboxylic acids is 1. The van der Waals surface area contributed by atoms with Crippen LogP contribution in [-0.2, 0) is 17.8 Å². The molecule has 5 heteroatoms. The van der Waals surface area contributed by atoms with Gasteiger partial charge in [0.15, 0.2) is 0 Å². The minimum absolute atomic E-state index is 0.0111. The lowest BCUT2D eigenvalue weighted by molar-refractivity contribution is 0.0257. The number of hydrogen-bond donors (Lipinski definition) is 1. The van der Waals surface area contributed by atoms with Gasteiger partial charge in [0.1, 0.15) is 5.69 Å². The molecular formula is C19H21N3O2. The number of H-pyrrole nitrogens is 1. The second-order valence-electron chi connectivity index (χ2n) is 6.19. The Balaban J connectivity index is 1.64. The van der Waals surface area contributed by atoms with E-state index in [-0.39, 0.29) is 12.0 Å². The Bertz CT molecular complexity index is 831. The topological polar surface area (TPSA) is 50.3 Å². The molecule has 0 fully saturated rings. The van der Waals surface area contributed by atoms with Crippen molar-refractivity contribution in [2.75, 3.05) is 13.2 Å². The van der Waals surface area contributed by atoms with Gasteiger partial charge < -0.3 is 19.2 Å². The number of hydrogen-bond acceptors (Lipinski definition) is 2. The van der Waals surface area contributed by atoms with E-state index in [4.69, 9.17) is 4.74 Å². The molecule has 1 aliphatic rings. The van der Waals surface area contributed by atoms with E-state index in [1.807, 2.05) is 48.2 Å². The van der Waals surface area contributed by atoms with Crippen molar-refractivity contribution in [2.24, 2.45) is 0 Å². The number of para-hydroxylation sites is 1. The van der Waals surface area contributed by atoms with Gasteiger partial charge in [-0.3, -0.25) is 4.79 Å². The van der Waals surface area contributed by atoms with Crippen molar-refractivity contribution in [3.63, 3.8) is 0 Å². The predicted molar refractivity (Wildman–Crippen MR) is 92.9 cm³/mol. The molecule has 3 heterocycles. The van der Waals surface area contributed by atoms with E-state index in [0.717, 1.165) is 23.1 Å². The molecule has 0 saturated heterocycles. The average Bonchev–Trinajstić information content (AvgIpc) is 3.17. The van der Waals surface area contributed by atoms with Crippen molar-refractivity contribution >= 4 is 16.8 Å². The molecule has 2 aromatic heterocycles. The van der Waals surface area contributed by atoms with Gasteiger partial charge in [0, 0.05) is 35.9 Å². The van der Waals surface area contributed by atoms with Gasteiger partial charge in [0.05, 0.1) is 19.2 Å². The van der Waals surface area contributed by atoms with Gasteiger partial charge in [-0.05, 0) is 31.2 Å². The van der Waals surface area contributed by atoms with Gasteiger partial charge in [0.2, 0.25) is 0 Å². The summed E-state index contributed by atoms with van der Waals surface area (Å²) in [6, 6.07) is 14.0. The molecule has 24 heavy (non-hydrogen) atoms. The van der Waals surface area contributed by atoms with Crippen LogP contribution in [0.25, 0.3) is 10.9 Å². The molecule has 0 saturated carbocycles. The Hall–Kier alpha value is -2.53. The normalized spacial score (nSPS) is 17.7. The Kier molecular flexibility index (Phi) is 3.86. The summed E-state index contributed by atoms with van der Waals surface area (Å²) in [5, 5.41) is 1.06. The Morgan fingerprint density at radius 3 is 2.96 bits per heavy atom. The maximum atomic E-state index is 13.0. The lowest BCUT2D eigenvalue weighted by atomic mass is 10.2. The van der Waals surface area contributed by atoms with Crippen LogP contribution in [0.3, 0.4) is 0 Å². The summed E-state index contributed by atoms with van der Waals surface area (Å²) in [7, 11) is 0. The van der Waals surface area contributed by atoms with Crippen LogP contribution in [0.2, 0.25) is 0 Å². The number of ether oxygens (including phenoxy) is 1. The van der Waals surface area contributed by atoms with Crippen LogP contribution in [0.15, 0.2) is 48.7 Å². The molecule has 124 valence electrons. The third-order valence-corrected chi connectivity index (χ3v) is 4.55. The summed E-state index contributed by atoms with van der Waals surface area (Å²) < 4.78 is 8.02. The Morgan fingerprint density at radius 1 is 1.25 bits per heavy atom. The van der Waals surface area contributed by atoms with Crippen LogP contribution < -0.4 is 0 Å². The number of nitrogens with one attached hydrogen (secondary N) is 1. The molecule has 5 nitrogen and oxygen atoms in total. The van der Waals surface area contributed by atoms with Gasteiger partial charge in [-0.1, -0.05) is 18.2 Å². The largest absolute Gasteiger partial charge is 0.375 e. The molecule has 0 bridgehead atoms. The average molecular weight is 323 g/mol. The van der Waals surface area contributed by atoms with E-state index in [2.05, 4.69) is 21.8 Å². The minimum Gasteiger partial charge on any atom is -0.375 e. The van der Waals surface area contributed by atoms with E-state index < -0.39 is 0 Å². The maximum Gasteiger partial charge on any atom is 0.270 e. The van der Waals surface area contributed by atoms with Gasteiger partial charge in [-0.25, -0.2) is 0 Å². The fourth-order valence-electron chi connectivity index (χ4n) is 3.41. The maximum absolute atomic E-state index is 13.0. The number of amides is 1. The number of nitrogens with zero attached hydrogens (tertiary/aromatic N) is 2. The summed E-state index contributed by atoms with van der Waals surface area (Å²) in [5.41, 5.74) is 2.76. The molecule has 3 aromatic rings. The first-order valence-corrected chi connectivity index (χ1v) is 8.37. The zero-order chi connectivity index (χ0) is 16.5. The van der Waals surface area contributed by atoms with E-state index in [9.17, 15) is 4.79 Å². The van der Waals surface area contributed by atoms with E-state index in [1.165, 1.54) is 0 Å². The van der Waals surface area contributed by atoms with Crippen molar-refractivity contribution in [3.8, 4) is 0 Å². The van der Waals surface area contributed by atoms with Gasteiger partial charge in [0.25, 0.3) is 5.91 Å². The molecule has 1 N–H and O–H groups in total. The van der Waals surface area contributed by atoms with Crippen LogP contribution in [0.5, 0.6) is 0 Å². The van der Waals surface area contributed by atoms with Crippen LogP contribution in [-0.4, -0.2) is 39.6 Å². The van der Waals surface area contributed by atoms with E-state index in [1.54, 1.807) is 0 Å². The second kappa shape index (κ2) is 6.17. The van der Waals surface area contributed by atoms with Crippen molar-refractivity contribution in [1.82, 2.24) is 14.5 Å². The molecule has 0 spiro atoms. The van der Waals surface area contributed by atoms with Crippen molar-refractivity contribution in [2.45, 2.75) is 26.1 Å². The highest BCUT2D eigenvalue weighted by Crippen LogP contribution is 2.20. The van der Waals surface area contributed by atoms with Crippen molar-refractivity contribution in [1.29, 1.82) is 0 Å². The van der Waals surface area contributed by atoms with Crippen LogP contribution in [0, 0.1) is 0 Å². The number of aromatic nitrogens is 2. The quantitative estimate of drug-likeness (QED) is 0.805. The predicted octanol–water partition coefficient (Wildman–Crippen LogP) is 3.03. The van der Waals surface area contributed by atoms with Crippen molar-refractivity contribution < 1.29 is 9.53 Å². The number of rotatable bonds is 3. The van der Waals surface area contributed by atoms with Crippen LogP contribution >= 0.6 is 0 Å². The molecule has 0 radical (unpaired) electrons. The zero-order valence-corrected chi connectivity index (χ0v) is 13.7. The summed E-state index contributed by atoms with van der Waals surface area (Å²) >= 11 is 0. The third kappa shape index (κ3) is 2.71. The van der Waals surface area contributed by atoms with Crippen molar-refractivity contribution in [3.05, 3.63) is 60.0 Å². The molecule has 1 atom stereocenters. The number of aromatic amines is 1. The lowest BCUT2D eigenvalue weighted by Crippen LogP contribution is -2.37. The SMILES string of the molecule is CCO[C@H]1CN(C(=O)c2cc3ccccc3[nH]2)Cc2cccn2C1. The highest BCUT2D eigenvalue weighted by molar-refractivity contribution is 5.98. The summed E-state index contributed by atoms with van der Waals surface area (Å²) in [6.07, 6.45) is 2.06. The monoisotopic (exact) mass is 323 g/mol. The highest BCUT2D eigenvalue weighted by Gasteiger charge is 2.26. The smallest absolute Gasteiger partial charge is 0.270 e. The molecule has 1 aromatic carbocycles. The Labute approximate surface area is 140 Å². The first-order chi connectivity index (χ1) is 11.7. The molecule has 1 aliphatic heterocycles. The van der Waals surface area contributed by atoms with Gasteiger partial charge in [-0.15, -0.1) is 0 Å². The first-order valence-electron chi connectivity index (χ1n) is 8.37. The van der Waals surface area contributed by atoms with Crippen LogP contribution in [0.1, 0.15) is 23.1 Å². The number of carbonyl (C=O) groups is 1. The molecule has 0 unspecified atom stereocenters. The number of benzene rings is 1. The first kappa shape index (κ1) is 15.0. The highest BCUT2D eigenvalue weighted by atomic mass is 16.5. The van der Waals surface area contributed by atoms with Gasteiger partial charge in [-0.2, -0.15) is 0 Å². The zero-order valence-electron chi connectivity index (χ0n) is 13.7. The summed E-state index contributed by atoms with van der Waals surface area (Å²) in [5.74, 6) is 0.0190. The van der Waals surface area contributed by atoms with Crippen LogP contribution in [0.4, 0.5) is 0 Å². The summed E-state index contributed by atoms with van der Waals surface area (Å²) in [6.45, 7) is 4.63. The lowest BCUT2D eigenvalue weighted by Gasteiger charge is -2.23. The summed E-state index contributed by atoms with van der Waals surface area (Å²) in [4.78, 5) is 18.2. The number of fused-ring (bicyclic) bond motifs is 2. The van der Waals surface area contributed by atoms with Gasteiger partial charge >= 0.3 is 0 Å². The fourth-order valence-corrected chi connectivity index (χ4v) is 3.41. The fraction of sp³-hybridized carbons (Fsp3) is 0.316. The van der Waals surface area contributed by atoms with E-state index in [0.29, 0.717) is 25.4 Å². The standard InChI is InChI=1S/C19H21N3O2/c1-2-24-16-12-21-9-5-7-15(21)11-22(13-16)19(23)18-10-14-6-3-4-8-17(14)20-18/h3-10,16,20H,2,11-13H2,1H3/t16-/m1/s1.